The Kier molecular flexibility index (Phi) is 6.32. The van der Waals surface area contributed by atoms with Crippen LogP contribution in [-0.4, -0.2) is 22.7 Å². The third-order valence-electron chi connectivity index (χ3n) is 2.36. The molecule has 1 aromatic heterocycles. The second-order valence-electron chi connectivity index (χ2n) is 3.89. The Bertz CT molecular complexity index is 390. The molecule has 0 spiro atoms. The predicted octanol–water partition coefficient (Wildman–Crippen LogP) is 2.00. The van der Waals surface area contributed by atoms with Crippen molar-refractivity contribution >= 4 is 11.7 Å². The van der Waals surface area contributed by atoms with Gasteiger partial charge in [-0.3, -0.25) is 9.78 Å². The summed E-state index contributed by atoms with van der Waals surface area (Å²) in [7, 11) is 0. The van der Waals surface area contributed by atoms with Crippen molar-refractivity contribution in [2.45, 2.75) is 25.7 Å². The Balaban J connectivity index is 2.15. The number of carboxylic acid groups (broad SMARTS) is 1. The van der Waals surface area contributed by atoms with Crippen molar-refractivity contribution in [2.24, 2.45) is 5.73 Å². The standard InChI is InChI=1S/C13H18N2O3/c14-12(11-5-4-7-15-9-11)10-18-8-3-1-2-6-13(16)17/h4-5,7,9-10H,1-3,6,8,14H2,(H,16,17)/b12-10-. The average Bonchev–Trinajstić information content (AvgIpc) is 2.38. The van der Waals surface area contributed by atoms with Crippen LogP contribution in [0, 0.1) is 0 Å². The summed E-state index contributed by atoms with van der Waals surface area (Å²) in [5.41, 5.74) is 7.15. The Morgan fingerprint density at radius 1 is 1.44 bits per heavy atom. The van der Waals surface area contributed by atoms with Crippen molar-refractivity contribution in [3.05, 3.63) is 36.4 Å². The number of aromatic nitrogens is 1. The van der Waals surface area contributed by atoms with Gasteiger partial charge < -0.3 is 15.6 Å². The molecule has 0 bridgehead atoms. The zero-order valence-corrected chi connectivity index (χ0v) is 10.2. The monoisotopic (exact) mass is 250 g/mol. The number of hydrogen-bond acceptors (Lipinski definition) is 4. The van der Waals surface area contributed by atoms with E-state index in [1.54, 1.807) is 12.4 Å². The summed E-state index contributed by atoms with van der Waals surface area (Å²) in [6.45, 7) is 0.542. The third-order valence-corrected chi connectivity index (χ3v) is 2.36. The van der Waals surface area contributed by atoms with Crippen molar-refractivity contribution in [3.8, 4) is 0 Å². The van der Waals surface area contributed by atoms with Crippen molar-refractivity contribution in [1.82, 2.24) is 4.98 Å². The fourth-order valence-electron chi connectivity index (χ4n) is 1.39. The van der Waals surface area contributed by atoms with E-state index in [0.717, 1.165) is 18.4 Å². The van der Waals surface area contributed by atoms with E-state index in [1.165, 1.54) is 6.26 Å². The van der Waals surface area contributed by atoms with Crippen LogP contribution in [0.4, 0.5) is 0 Å². The molecule has 0 aliphatic rings. The minimum atomic E-state index is -0.753. The van der Waals surface area contributed by atoms with Crippen LogP contribution in [-0.2, 0) is 9.53 Å². The van der Waals surface area contributed by atoms with Crippen molar-refractivity contribution in [2.75, 3.05) is 6.61 Å². The van der Waals surface area contributed by atoms with E-state index in [9.17, 15) is 4.79 Å². The maximum absolute atomic E-state index is 10.3. The number of pyridine rings is 1. The molecule has 0 saturated heterocycles. The van der Waals surface area contributed by atoms with Gasteiger partial charge in [-0.1, -0.05) is 0 Å². The van der Waals surface area contributed by atoms with Crippen molar-refractivity contribution in [1.29, 1.82) is 0 Å². The van der Waals surface area contributed by atoms with E-state index < -0.39 is 5.97 Å². The van der Waals surface area contributed by atoms with E-state index in [0.29, 0.717) is 18.7 Å². The molecule has 3 N–H and O–H groups in total. The van der Waals surface area contributed by atoms with Gasteiger partial charge in [-0.25, -0.2) is 0 Å². The quantitative estimate of drug-likeness (QED) is 0.544. The molecule has 98 valence electrons. The first-order valence-electron chi connectivity index (χ1n) is 5.89. The first-order chi connectivity index (χ1) is 8.70. The lowest BCUT2D eigenvalue weighted by Crippen LogP contribution is -1.99. The van der Waals surface area contributed by atoms with Gasteiger partial charge >= 0.3 is 5.97 Å². The molecule has 0 unspecified atom stereocenters. The van der Waals surface area contributed by atoms with Crippen LogP contribution in [0.15, 0.2) is 30.8 Å². The van der Waals surface area contributed by atoms with E-state index in [2.05, 4.69) is 4.98 Å². The Labute approximate surface area is 106 Å². The summed E-state index contributed by atoms with van der Waals surface area (Å²) in [4.78, 5) is 14.2. The molecule has 0 atom stereocenters. The Morgan fingerprint density at radius 3 is 2.94 bits per heavy atom. The fraction of sp³-hybridized carbons (Fsp3) is 0.385. The SMILES string of the molecule is N/C(=C\OCCCCCC(=O)O)c1cccnc1. The summed E-state index contributed by atoms with van der Waals surface area (Å²) in [6.07, 6.45) is 7.42. The van der Waals surface area contributed by atoms with Crippen LogP contribution < -0.4 is 5.73 Å². The highest BCUT2D eigenvalue weighted by Crippen LogP contribution is 2.06. The lowest BCUT2D eigenvalue weighted by Gasteiger charge is -2.03. The molecule has 0 aliphatic carbocycles. The largest absolute Gasteiger partial charge is 0.499 e. The predicted molar refractivity (Wildman–Crippen MR) is 68.5 cm³/mol. The topological polar surface area (TPSA) is 85.4 Å². The van der Waals surface area contributed by atoms with Gasteiger partial charge in [0, 0.05) is 24.4 Å². The van der Waals surface area contributed by atoms with Gasteiger partial charge in [-0.05, 0) is 31.4 Å². The molecule has 1 rings (SSSR count). The van der Waals surface area contributed by atoms with Crippen LogP contribution in [0.3, 0.4) is 0 Å². The number of carboxylic acids is 1. The second kappa shape index (κ2) is 8.11. The number of carbonyl (C=O) groups is 1. The number of aliphatic carboxylic acids is 1. The molecule has 5 heteroatoms. The summed E-state index contributed by atoms with van der Waals surface area (Å²) in [5, 5.41) is 8.45. The molecule has 1 heterocycles. The average molecular weight is 250 g/mol. The molecule has 5 nitrogen and oxygen atoms in total. The van der Waals surface area contributed by atoms with Gasteiger partial charge in [0.25, 0.3) is 0 Å². The maximum atomic E-state index is 10.3. The van der Waals surface area contributed by atoms with E-state index in [4.69, 9.17) is 15.6 Å². The first kappa shape index (κ1) is 14.0. The van der Waals surface area contributed by atoms with Gasteiger partial charge in [0.1, 0.15) is 6.26 Å². The zero-order chi connectivity index (χ0) is 13.2. The normalized spacial score (nSPS) is 11.2. The molecule has 0 aromatic carbocycles. The Hall–Kier alpha value is -2.04. The number of hydrogen-bond donors (Lipinski definition) is 2. The highest BCUT2D eigenvalue weighted by atomic mass is 16.5. The highest BCUT2D eigenvalue weighted by Gasteiger charge is 1.97. The van der Waals surface area contributed by atoms with Crippen molar-refractivity contribution in [3.63, 3.8) is 0 Å². The van der Waals surface area contributed by atoms with Gasteiger partial charge in [-0.2, -0.15) is 0 Å². The zero-order valence-electron chi connectivity index (χ0n) is 10.2. The van der Waals surface area contributed by atoms with Gasteiger partial charge in [0.05, 0.1) is 12.3 Å². The Morgan fingerprint density at radius 2 is 2.28 bits per heavy atom. The van der Waals surface area contributed by atoms with E-state index in [1.807, 2.05) is 12.1 Å². The lowest BCUT2D eigenvalue weighted by atomic mass is 10.2. The van der Waals surface area contributed by atoms with Crippen molar-refractivity contribution < 1.29 is 14.6 Å². The number of rotatable bonds is 8. The molecular weight excluding hydrogens is 232 g/mol. The van der Waals surface area contributed by atoms with Gasteiger partial charge in [0.15, 0.2) is 0 Å². The van der Waals surface area contributed by atoms with Gasteiger partial charge in [0.2, 0.25) is 0 Å². The number of ether oxygens (including phenoxy) is 1. The molecule has 1 aromatic rings. The third kappa shape index (κ3) is 5.89. The number of nitrogens with zero attached hydrogens (tertiary/aromatic N) is 1. The van der Waals surface area contributed by atoms with Crippen LogP contribution in [0.5, 0.6) is 0 Å². The summed E-state index contributed by atoms with van der Waals surface area (Å²) in [5.74, 6) is -0.753. The van der Waals surface area contributed by atoms with Crippen LogP contribution in [0.1, 0.15) is 31.2 Å². The molecule has 0 aliphatic heterocycles. The molecule has 0 amide bonds. The maximum Gasteiger partial charge on any atom is 0.303 e. The minimum Gasteiger partial charge on any atom is -0.499 e. The molecule has 0 fully saturated rings. The molecule has 0 saturated carbocycles. The van der Waals surface area contributed by atoms with E-state index >= 15 is 0 Å². The lowest BCUT2D eigenvalue weighted by molar-refractivity contribution is -0.137. The fourth-order valence-corrected chi connectivity index (χ4v) is 1.39. The van der Waals surface area contributed by atoms with Crippen LogP contribution in [0.25, 0.3) is 5.70 Å². The highest BCUT2D eigenvalue weighted by molar-refractivity contribution is 5.66. The van der Waals surface area contributed by atoms with Crippen LogP contribution >= 0.6 is 0 Å². The smallest absolute Gasteiger partial charge is 0.303 e. The second-order valence-corrected chi connectivity index (χ2v) is 3.89. The summed E-state index contributed by atoms with van der Waals surface area (Å²) >= 11 is 0. The molecular formula is C13H18N2O3. The first-order valence-corrected chi connectivity index (χ1v) is 5.89. The molecule has 18 heavy (non-hydrogen) atoms. The minimum absolute atomic E-state index is 0.216. The van der Waals surface area contributed by atoms with Crippen LogP contribution in [0.2, 0.25) is 0 Å². The number of nitrogens with two attached hydrogens (primary N) is 1. The van der Waals surface area contributed by atoms with Gasteiger partial charge in [-0.15, -0.1) is 0 Å². The van der Waals surface area contributed by atoms with E-state index in [-0.39, 0.29) is 6.42 Å². The summed E-state index contributed by atoms with van der Waals surface area (Å²) < 4.78 is 5.29. The summed E-state index contributed by atoms with van der Waals surface area (Å²) in [6, 6.07) is 3.66. The number of unbranched alkanes of at least 4 members (excludes halogenated alkanes) is 2. The molecule has 0 radical (unpaired) electrons.